The highest BCUT2D eigenvalue weighted by Crippen LogP contribution is 2.16. The Kier molecular flexibility index (Phi) is 4.56. The molecule has 0 bridgehead atoms. The van der Waals surface area contributed by atoms with E-state index in [1.165, 1.54) is 7.11 Å². The molecule has 20 heavy (non-hydrogen) atoms. The lowest BCUT2D eigenvalue weighted by Gasteiger charge is -2.02. The van der Waals surface area contributed by atoms with Crippen molar-refractivity contribution in [1.29, 1.82) is 0 Å². The van der Waals surface area contributed by atoms with Crippen LogP contribution < -0.4 is 10.4 Å². The molecule has 0 spiro atoms. The van der Waals surface area contributed by atoms with Gasteiger partial charge in [-0.05, 0) is 18.6 Å². The van der Waals surface area contributed by atoms with E-state index in [2.05, 4.69) is 0 Å². The number of methoxy groups -OCH3 is 1. The predicted octanol–water partition coefficient (Wildman–Crippen LogP) is 3.68. The minimum absolute atomic E-state index is 0.379. The van der Waals surface area contributed by atoms with Gasteiger partial charge < -0.3 is 9.15 Å². The first kappa shape index (κ1) is 13.9. The molecular formula is C17H16O3. The van der Waals surface area contributed by atoms with Crippen molar-refractivity contribution in [1.82, 2.24) is 0 Å². The third-order valence-electron chi connectivity index (χ3n) is 2.84. The summed E-state index contributed by atoms with van der Waals surface area (Å²) >= 11 is 0. The predicted molar refractivity (Wildman–Crippen MR) is 80.8 cm³/mol. The highest BCUT2D eigenvalue weighted by molar-refractivity contribution is 5.55. The van der Waals surface area contributed by atoms with Crippen LogP contribution >= 0.6 is 0 Å². The Balaban J connectivity index is 2.14. The van der Waals surface area contributed by atoms with Crippen molar-refractivity contribution in [2.45, 2.75) is 6.92 Å². The molecule has 3 nitrogen and oxygen atoms in total. The van der Waals surface area contributed by atoms with Crippen LogP contribution in [0.15, 0.2) is 57.8 Å². The first-order valence-corrected chi connectivity index (χ1v) is 6.29. The minimum Gasteiger partial charge on any atom is -0.496 e. The van der Waals surface area contributed by atoms with Crippen LogP contribution in [0.1, 0.15) is 16.9 Å². The minimum atomic E-state index is -0.379. The zero-order valence-electron chi connectivity index (χ0n) is 11.5. The molecule has 1 heterocycles. The van der Waals surface area contributed by atoms with E-state index in [9.17, 15) is 4.79 Å². The van der Waals surface area contributed by atoms with Crippen molar-refractivity contribution in [3.8, 4) is 5.75 Å². The Morgan fingerprint density at radius 2 is 1.80 bits per heavy atom. The molecule has 0 fully saturated rings. The molecule has 0 N–H and O–H groups in total. The number of benzene rings is 1. The summed E-state index contributed by atoms with van der Waals surface area (Å²) in [5, 5.41) is 0. The molecule has 0 aliphatic rings. The van der Waals surface area contributed by atoms with E-state index < -0.39 is 0 Å². The summed E-state index contributed by atoms with van der Waals surface area (Å²) < 4.78 is 10.3. The summed E-state index contributed by atoms with van der Waals surface area (Å²) in [7, 11) is 1.53. The van der Waals surface area contributed by atoms with Gasteiger partial charge in [-0.3, -0.25) is 0 Å². The third kappa shape index (κ3) is 3.48. The lowest BCUT2D eigenvalue weighted by Crippen LogP contribution is -2.05. The first-order valence-electron chi connectivity index (χ1n) is 6.29. The summed E-state index contributed by atoms with van der Waals surface area (Å²) in [6.45, 7) is 1.67. The van der Waals surface area contributed by atoms with Crippen molar-refractivity contribution in [3.63, 3.8) is 0 Å². The second-order valence-electron chi connectivity index (χ2n) is 4.26. The number of hydrogen-bond acceptors (Lipinski definition) is 3. The average molecular weight is 268 g/mol. The Labute approximate surface area is 117 Å². The molecule has 1 aromatic heterocycles. The van der Waals surface area contributed by atoms with E-state index in [1.54, 1.807) is 19.1 Å². The highest BCUT2D eigenvalue weighted by atomic mass is 16.5. The van der Waals surface area contributed by atoms with Gasteiger partial charge in [-0.15, -0.1) is 0 Å². The summed E-state index contributed by atoms with van der Waals surface area (Å²) in [6.07, 6.45) is 7.41. The Hall–Kier alpha value is -2.55. The maximum absolute atomic E-state index is 11.6. The standard InChI is InChI=1S/C17H16O3/c1-13-16(19-2)12-15(20-17(13)18)11-7-6-10-14-8-4-3-5-9-14/h3-12H,1-2H3/b10-6+,11-7+. The van der Waals surface area contributed by atoms with Crippen LogP contribution in [0, 0.1) is 6.92 Å². The van der Waals surface area contributed by atoms with Gasteiger partial charge in [0, 0.05) is 6.07 Å². The monoisotopic (exact) mass is 268 g/mol. The normalized spacial score (nSPS) is 11.3. The second-order valence-corrected chi connectivity index (χ2v) is 4.26. The van der Waals surface area contributed by atoms with Crippen LogP contribution in [0.25, 0.3) is 12.2 Å². The number of rotatable bonds is 4. The molecule has 3 heteroatoms. The molecule has 2 aromatic rings. The summed E-state index contributed by atoms with van der Waals surface area (Å²) in [6, 6.07) is 11.7. The second kappa shape index (κ2) is 6.57. The van der Waals surface area contributed by atoms with E-state index in [0.29, 0.717) is 17.1 Å². The van der Waals surface area contributed by atoms with Crippen molar-refractivity contribution in [2.24, 2.45) is 0 Å². The lowest BCUT2D eigenvalue weighted by molar-refractivity contribution is 0.395. The van der Waals surface area contributed by atoms with Gasteiger partial charge in [-0.2, -0.15) is 0 Å². The topological polar surface area (TPSA) is 39.4 Å². The fourth-order valence-corrected chi connectivity index (χ4v) is 1.73. The molecule has 0 amide bonds. The van der Waals surface area contributed by atoms with Crippen LogP contribution in [0.4, 0.5) is 0 Å². The number of allylic oxidation sites excluding steroid dienone is 2. The molecule has 0 aliphatic carbocycles. The van der Waals surface area contributed by atoms with Crippen LogP contribution in [0.3, 0.4) is 0 Å². The van der Waals surface area contributed by atoms with Crippen LogP contribution in [0.5, 0.6) is 5.75 Å². The van der Waals surface area contributed by atoms with Crippen LogP contribution in [-0.4, -0.2) is 7.11 Å². The van der Waals surface area contributed by atoms with Crippen molar-refractivity contribution in [3.05, 3.63) is 75.9 Å². The number of hydrogen-bond donors (Lipinski definition) is 0. The van der Waals surface area contributed by atoms with Gasteiger partial charge in [0.1, 0.15) is 11.5 Å². The molecule has 0 unspecified atom stereocenters. The number of ether oxygens (including phenoxy) is 1. The Bertz CT molecular complexity index is 679. The molecule has 0 atom stereocenters. The van der Waals surface area contributed by atoms with Crippen LogP contribution in [0.2, 0.25) is 0 Å². The molecule has 0 saturated carbocycles. The Morgan fingerprint density at radius 3 is 2.50 bits per heavy atom. The smallest absolute Gasteiger partial charge is 0.342 e. The SMILES string of the molecule is COc1cc(/C=C/C=C/c2ccccc2)oc(=O)c1C. The lowest BCUT2D eigenvalue weighted by atomic mass is 10.2. The van der Waals surface area contributed by atoms with E-state index in [-0.39, 0.29) is 5.63 Å². The molecule has 0 saturated heterocycles. The van der Waals surface area contributed by atoms with E-state index >= 15 is 0 Å². The first-order chi connectivity index (χ1) is 9.70. The molecule has 102 valence electrons. The van der Waals surface area contributed by atoms with Gasteiger partial charge in [0.2, 0.25) is 0 Å². The largest absolute Gasteiger partial charge is 0.496 e. The van der Waals surface area contributed by atoms with Crippen molar-refractivity contribution < 1.29 is 9.15 Å². The van der Waals surface area contributed by atoms with Crippen molar-refractivity contribution >= 4 is 12.2 Å². The van der Waals surface area contributed by atoms with Gasteiger partial charge in [-0.25, -0.2) is 4.79 Å². The van der Waals surface area contributed by atoms with Crippen LogP contribution in [-0.2, 0) is 0 Å². The van der Waals surface area contributed by atoms with Gasteiger partial charge in [0.05, 0.1) is 12.7 Å². The maximum Gasteiger partial charge on any atom is 0.342 e. The average Bonchev–Trinajstić information content (AvgIpc) is 2.48. The zero-order chi connectivity index (χ0) is 14.4. The molecule has 2 rings (SSSR count). The fraction of sp³-hybridized carbons (Fsp3) is 0.118. The van der Waals surface area contributed by atoms with Gasteiger partial charge in [0.15, 0.2) is 0 Å². The van der Waals surface area contributed by atoms with E-state index in [0.717, 1.165) is 5.56 Å². The Morgan fingerprint density at radius 1 is 1.10 bits per heavy atom. The molecule has 0 radical (unpaired) electrons. The fourth-order valence-electron chi connectivity index (χ4n) is 1.73. The summed E-state index contributed by atoms with van der Waals surface area (Å²) in [5.74, 6) is 1.00. The summed E-state index contributed by atoms with van der Waals surface area (Å²) in [4.78, 5) is 11.6. The van der Waals surface area contributed by atoms with Gasteiger partial charge in [-0.1, -0.05) is 48.6 Å². The molecule has 0 aliphatic heterocycles. The maximum atomic E-state index is 11.6. The highest BCUT2D eigenvalue weighted by Gasteiger charge is 2.05. The van der Waals surface area contributed by atoms with Crippen molar-refractivity contribution in [2.75, 3.05) is 7.11 Å². The van der Waals surface area contributed by atoms with E-state index in [4.69, 9.17) is 9.15 Å². The van der Waals surface area contributed by atoms with Gasteiger partial charge >= 0.3 is 5.63 Å². The quantitative estimate of drug-likeness (QED) is 0.794. The van der Waals surface area contributed by atoms with E-state index in [1.807, 2.05) is 48.6 Å². The third-order valence-corrected chi connectivity index (χ3v) is 2.84. The summed E-state index contributed by atoms with van der Waals surface area (Å²) in [5.41, 5.74) is 1.21. The zero-order valence-corrected chi connectivity index (χ0v) is 11.5. The molecular weight excluding hydrogens is 252 g/mol. The molecule has 1 aromatic carbocycles. The van der Waals surface area contributed by atoms with Gasteiger partial charge in [0.25, 0.3) is 0 Å².